The number of hydrogen-bond acceptors (Lipinski definition) is 0. The molecule has 2 aromatic rings. The summed E-state index contributed by atoms with van der Waals surface area (Å²) in [6, 6.07) is 23.9. The standard InChI is InChI=1S/C27H36Si/c1-6-7-8-11-17-24(2)18-16-23-28(27(3,4)5,25-19-12-9-13-20-25)26-21-14-10-15-22-26/h9-10,12-15,17,19-22H,8,11,16,18,23H2,1-5H3/b24-17+. The zero-order chi connectivity index (χ0) is 20.5. The van der Waals surface area contributed by atoms with Gasteiger partial charge >= 0.3 is 0 Å². The molecule has 0 aliphatic carbocycles. The Kier molecular flexibility index (Phi) is 8.33. The molecule has 0 fully saturated rings. The van der Waals surface area contributed by atoms with Gasteiger partial charge in [-0.25, -0.2) is 0 Å². The maximum atomic E-state index is 3.16. The Morgan fingerprint density at radius 1 is 0.929 bits per heavy atom. The molecule has 1 heteroatoms. The maximum absolute atomic E-state index is 3.16. The summed E-state index contributed by atoms with van der Waals surface area (Å²) in [5.74, 6) is 6.14. The minimum absolute atomic E-state index is 0.254. The molecule has 0 spiro atoms. The molecule has 0 aliphatic heterocycles. The van der Waals surface area contributed by atoms with E-state index in [0.29, 0.717) is 0 Å². The molecular formula is C27H36Si. The van der Waals surface area contributed by atoms with Crippen molar-refractivity contribution in [2.24, 2.45) is 0 Å². The molecule has 0 nitrogen and oxygen atoms in total. The lowest BCUT2D eigenvalue weighted by atomic mass is 10.1. The molecule has 0 heterocycles. The van der Waals surface area contributed by atoms with Crippen LogP contribution >= 0.6 is 0 Å². The van der Waals surface area contributed by atoms with Crippen molar-refractivity contribution in [2.45, 2.75) is 71.4 Å². The molecule has 0 bridgehead atoms. The van der Waals surface area contributed by atoms with Crippen LogP contribution in [0.4, 0.5) is 0 Å². The molecule has 2 rings (SSSR count). The summed E-state index contributed by atoms with van der Waals surface area (Å²) >= 11 is 0. The molecule has 0 aromatic heterocycles. The van der Waals surface area contributed by atoms with Crippen LogP contribution in [-0.4, -0.2) is 8.07 Å². The molecule has 0 N–H and O–H groups in total. The number of benzene rings is 2. The van der Waals surface area contributed by atoms with E-state index in [2.05, 4.69) is 106 Å². The first-order chi connectivity index (χ1) is 13.4. The number of hydrogen-bond donors (Lipinski definition) is 0. The highest BCUT2D eigenvalue weighted by atomic mass is 28.3. The second-order valence-electron chi connectivity index (χ2n) is 8.76. The maximum Gasteiger partial charge on any atom is 0.123 e. The minimum Gasteiger partial charge on any atom is -0.107 e. The van der Waals surface area contributed by atoms with Crippen molar-refractivity contribution < 1.29 is 0 Å². The summed E-state index contributed by atoms with van der Waals surface area (Å²) < 4.78 is 0. The minimum atomic E-state index is -1.91. The molecule has 148 valence electrons. The van der Waals surface area contributed by atoms with Gasteiger partial charge in [0.2, 0.25) is 0 Å². The van der Waals surface area contributed by atoms with Crippen molar-refractivity contribution in [2.75, 3.05) is 0 Å². The van der Waals surface area contributed by atoms with E-state index in [4.69, 9.17) is 0 Å². The van der Waals surface area contributed by atoms with Crippen LogP contribution in [0, 0.1) is 11.8 Å². The Hall–Kier alpha value is -2.04. The predicted octanol–water partition coefficient (Wildman–Crippen LogP) is 6.58. The van der Waals surface area contributed by atoms with Crippen LogP contribution in [0.1, 0.15) is 60.3 Å². The first-order valence-corrected chi connectivity index (χ1v) is 12.8. The van der Waals surface area contributed by atoms with Crippen molar-refractivity contribution in [3.8, 4) is 11.8 Å². The smallest absolute Gasteiger partial charge is 0.107 e. The Bertz CT molecular complexity index is 759. The van der Waals surface area contributed by atoms with Crippen molar-refractivity contribution in [1.29, 1.82) is 0 Å². The summed E-state index contributed by atoms with van der Waals surface area (Å²) in [5.41, 5.74) is 1.51. The van der Waals surface area contributed by atoms with Gasteiger partial charge in [0.15, 0.2) is 0 Å². The second kappa shape index (κ2) is 10.5. The summed E-state index contributed by atoms with van der Waals surface area (Å²) in [6.45, 7) is 11.5. The Morgan fingerprint density at radius 3 is 1.93 bits per heavy atom. The van der Waals surface area contributed by atoms with E-state index in [1.54, 1.807) is 10.4 Å². The number of rotatable bonds is 8. The highest BCUT2D eigenvalue weighted by Gasteiger charge is 2.46. The van der Waals surface area contributed by atoms with Gasteiger partial charge in [0, 0.05) is 6.42 Å². The van der Waals surface area contributed by atoms with Gasteiger partial charge in [-0.05, 0) is 37.8 Å². The lowest BCUT2D eigenvalue weighted by Gasteiger charge is -2.44. The average Bonchev–Trinajstić information content (AvgIpc) is 2.69. The third kappa shape index (κ3) is 5.49. The Labute approximate surface area is 174 Å². The zero-order valence-electron chi connectivity index (χ0n) is 18.4. The zero-order valence-corrected chi connectivity index (χ0v) is 19.4. The molecule has 2 aromatic carbocycles. The van der Waals surface area contributed by atoms with E-state index >= 15 is 0 Å². The van der Waals surface area contributed by atoms with E-state index in [1.165, 1.54) is 24.5 Å². The van der Waals surface area contributed by atoms with Crippen LogP contribution in [-0.2, 0) is 0 Å². The second-order valence-corrected chi connectivity index (χ2v) is 13.7. The van der Waals surface area contributed by atoms with Crippen LogP contribution in [0.2, 0.25) is 11.1 Å². The van der Waals surface area contributed by atoms with Crippen molar-refractivity contribution in [3.05, 3.63) is 72.3 Å². The van der Waals surface area contributed by atoms with Gasteiger partial charge < -0.3 is 0 Å². The van der Waals surface area contributed by atoms with E-state index in [1.807, 2.05) is 6.92 Å². The first-order valence-electron chi connectivity index (χ1n) is 10.6. The summed E-state index contributed by atoms with van der Waals surface area (Å²) in [4.78, 5) is 0. The quantitative estimate of drug-likeness (QED) is 0.207. The molecule has 0 aliphatic rings. The van der Waals surface area contributed by atoms with E-state index < -0.39 is 8.07 Å². The van der Waals surface area contributed by atoms with Crippen molar-refractivity contribution >= 4 is 18.4 Å². The Balaban J connectivity index is 2.30. The molecule has 0 saturated heterocycles. The predicted molar refractivity (Wildman–Crippen MR) is 128 cm³/mol. The van der Waals surface area contributed by atoms with Crippen molar-refractivity contribution in [1.82, 2.24) is 0 Å². The van der Waals surface area contributed by atoms with Crippen LogP contribution in [0.15, 0.2) is 72.3 Å². The van der Waals surface area contributed by atoms with Crippen LogP contribution in [0.3, 0.4) is 0 Å². The van der Waals surface area contributed by atoms with Gasteiger partial charge in [0.05, 0.1) is 0 Å². The highest BCUT2D eigenvalue weighted by molar-refractivity contribution is 7.04. The summed E-state index contributed by atoms with van der Waals surface area (Å²) in [6.07, 6.45) is 6.86. The molecule has 0 amide bonds. The molecule has 0 unspecified atom stereocenters. The summed E-state index contributed by atoms with van der Waals surface area (Å²) in [5, 5.41) is 3.38. The van der Waals surface area contributed by atoms with Gasteiger partial charge in [-0.2, -0.15) is 0 Å². The van der Waals surface area contributed by atoms with Gasteiger partial charge in [-0.15, -0.1) is 11.8 Å². The Morgan fingerprint density at radius 2 is 1.46 bits per heavy atom. The van der Waals surface area contributed by atoms with Gasteiger partial charge in [0.25, 0.3) is 0 Å². The monoisotopic (exact) mass is 388 g/mol. The van der Waals surface area contributed by atoms with Crippen LogP contribution < -0.4 is 10.4 Å². The lowest BCUT2D eigenvalue weighted by molar-refractivity contribution is 0.715. The van der Waals surface area contributed by atoms with Gasteiger partial charge in [-0.1, -0.05) is 110 Å². The average molecular weight is 389 g/mol. The molecule has 0 radical (unpaired) electrons. The third-order valence-corrected chi connectivity index (χ3v) is 12.2. The summed E-state index contributed by atoms with van der Waals surface area (Å²) in [7, 11) is -1.91. The fraction of sp³-hybridized carbons (Fsp3) is 0.407. The topological polar surface area (TPSA) is 0 Å². The molecule has 28 heavy (non-hydrogen) atoms. The van der Waals surface area contributed by atoms with E-state index in [-0.39, 0.29) is 5.04 Å². The van der Waals surface area contributed by atoms with E-state index in [9.17, 15) is 0 Å². The van der Waals surface area contributed by atoms with Crippen LogP contribution in [0.25, 0.3) is 0 Å². The third-order valence-electron chi connectivity index (χ3n) is 5.88. The normalized spacial score (nSPS) is 12.4. The number of allylic oxidation sites excluding steroid dienone is 2. The molecule has 0 saturated carbocycles. The largest absolute Gasteiger partial charge is 0.123 e. The fourth-order valence-corrected chi connectivity index (χ4v) is 10.0. The fourth-order valence-electron chi connectivity index (χ4n) is 4.39. The molecule has 0 atom stereocenters. The highest BCUT2D eigenvalue weighted by Crippen LogP contribution is 2.39. The molecular weight excluding hydrogens is 352 g/mol. The SMILES string of the molecule is CC#CCC/C=C(\C)CCC[Si](c1ccccc1)(c1ccccc1)C(C)(C)C. The van der Waals surface area contributed by atoms with Gasteiger partial charge in [-0.3, -0.25) is 0 Å². The van der Waals surface area contributed by atoms with E-state index in [0.717, 1.165) is 12.8 Å². The first kappa shape index (κ1) is 22.2. The number of unbranched alkanes of at least 4 members (excludes halogenated alkanes) is 1. The lowest BCUT2D eigenvalue weighted by Crippen LogP contribution is -2.64. The van der Waals surface area contributed by atoms with Gasteiger partial charge in [0.1, 0.15) is 8.07 Å². The van der Waals surface area contributed by atoms with Crippen LogP contribution in [0.5, 0.6) is 0 Å². The van der Waals surface area contributed by atoms with Crippen molar-refractivity contribution in [3.63, 3.8) is 0 Å².